The number of amides is 2. The number of esters is 3. The van der Waals surface area contributed by atoms with Crippen molar-refractivity contribution in [3.8, 4) is 22.8 Å². The number of alkyl halides is 3. The standard InChI is InChI=1S/C39H38F3N3O9/c1-7-53-37(49)25-20-29(38(50)52-6)34(31(21-25)51-5)54-32(46)10-8-9-23-12-18-30(28(19-23)36(48)45(3)4)44-35(47)27-17-11-22(2)43-33(27)24-13-15-26(16-14-24)39(40,41)42/h11-21H,7-10H2,1-6H3,(H,44,47). The maximum Gasteiger partial charge on any atom is 0.416 e. The zero-order valence-electron chi connectivity index (χ0n) is 30.4. The van der Waals surface area contributed by atoms with E-state index < -0.39 is 41.5 Å². The van der Waals surface area contributed by atoms with Crippen LogP contribution in [0.5, 0.6) is 11.5 Å². The van der Waals surface area contributed by atoms with Crippen LogP contribution in [0.1, 0.15) is 78.0 Å². The fraction of sp³-hybridized carbons (Fsp3) is 0.282. The first-order valence-electron chi connectivity index (χ1n) is 16.6. The van der Waals surface area contributed by atoms with Crippen molar-refractivity contribution >= 4 is 35.4 Å². The van der Waals surface area contributed by atoms with Gasteiger partial charge in [-0.15, -0.1) is 0 Å². The van der Waals surface area contributed by atoms with Gasteiger partial charge in [-0.2, -0.15) is 13.2 Å². The van der Waals surface area contributed by atoms with E-state index in [0.29, 0.717) is 23.2 Å². The summed E-state index contributed by atoms with van der Waals surface area (Å²) in [6.07, 6.45) is -4.09. The lowest BCUT2D eigenvalue weighted by molar-refractivity contribution is -0.137. The average molecular weight is 750 g/mol. The van der Waals surface area contributed by atoms with Crippen LogP contribution in [0.15, 0.2) is 66.7 Å². The lowest BCUT2D eigenvalue weighted by Crippen LogP contribution is -2.24. The zero-order valence-corrected chi connectivity index (χ0v) is 30.4. The molecule has 0 fully saturated rings. The molecule has 15 heteroatoms. The fourth-order valence-corrected chi connectivity index (χ4v) is 5.30. The summed E-state index contributed by atoms with van der Waals surface area (Å²) in [6, 6.07) is 14.7. The number of halogens is 3. The van der Waals surface area contributed by atoms with Crippen LogP contribution in [0.3, 0.4) is 0 Å². The number of aryl methyl sites for hydroxylation is 2. The average Bonchev–Trinajstić information content (AvgIpc) is 3.14. The summed E-state index contributed by atoms with van der Waals surface area (Å²) in [6.45, 7) is 3.40. The van der Waals surface area contributed by atoms with Crippen LogP contribution in [-0.2, 0) is 26.9 Å². The molecule has 0 aliphatic rings. The van der Waals surface area contributed by atoms with Gasteiger partial charge < -0.3 is 29.2 Å². The third kappa shape index (κ3) is 9.79. The molecule has 0 unspecified atom stereocenters. The highest BCUT2D eigenvalue weighted by atomic mass is 19.4. The molecule has 0 spiro atoms. The SMILES string of the molecule is CCOC(=O)c1cc(OC)c(OC(=O)CCCc2ccc(NC(=O)c3ccc(C)nc3-c3ccc(C(F)(F)F)cc3)c(C(=O)N(C)C)c2)c(C(=O)OC)c1. The number of aromatic nitrogens is 1. The first kappa shape index (κ1) is 40.5. The minimum atomic E-state index is -4.53. The van der Waals surface area contributed by atoms with Crippen LogP contribution in [0.2, 0.25) is 0 Å². The molecule has 1 N–H and O–H groups in total. The number of nitrogens with zero attached hydrogens (tertiary/aromatic N) is 2. The van der Waals surface area contributed by atoms with E-state index in [2.05, 4.69) is 10.3 Å². The van der Waals surface area contributed by atoms with E-state index in [1.54, 1.807) is 52.2 Å². The maximum atomic E-state index is 13.6. The molecule has 0 aliphatic heterocycles. The number of hydrogen-bond donors (Lipinski definition) is 1. The van der Waals surface area contributed by atoms with Crippen molar-refractivity contribution < 1.29 is 56.1 Å². The quantitative estimate of drug-likeness (QED) is 0.113. The molecule has 54 heavy (non-hydrogen) atoms. The van der Waals surface area contributed by atoms with Gasteiger partial charge >= 0.3 is 24.1 Å². The summed E-state index contributed by atoms with van der Waals surface area (Å²) in [4.78, 5) is 70.4. The minimum Gasteiger partial charge on any atom is -0.493 e. The fourth-order valence-electron chi connectivity index (χ4n) is 5.30. The van der Waals surface area contributed by atoms with E-state index >= 15 is 0 Å². The van der Waals surface area contributed by atoms with Gasteiger partial charge in [0.25, 0.3) is 11.8 Å². The molecule has 284 valence electrons. The van der Waals surface area contributed by atoms with Gasteiger partial charge in [0.2, 0.25) is 0 Å². The molecule has 4 rings (SSSR count). The van der Waals surface area contributed by atoms with Gasteiger partial charge in [0, 0.05) is 31.8 Å². The van der Waals surface area contributed by atoms with E-state index in [4.69, 9.17) is 18.9 Å². The maximum absolute atomic E-state index is 13.6. The predicted octanol–water partition coefficient (Wildman–Crippen LogP) is 6.93. The van der Waals surface area contributed by atoms with Crippen LogP contribution in [-0.4, -0.2) is 74.5 Å². The van der Waals surface area contributed by atoms with Crippen LogP contribution in [0.25, 0.3) is 11.3 Å². The summed E-state index contributed by atoms with van der Waals surface area (Å²) >= 11 is 0. The Morgan fingerprint density at radius 2 is 1.56 bits per heavy atom. The van der Waals surface area contributed by atoms with Gasteiger partial charge in [0.05, 0.1) is 54.5 Å². The number of anilines is 1. The van der Waals surface area contributed by atoms with Crippen molar-refractivity contribution in [3.63, 3.8) is 0 Å². The normalized spacial score (nSPS) is 11.0. The largest absolute Gasteiger partial charge is 0.493 e. The van der Waals surface area contributed by atoms with E-state index in [0.717, 1.165) is 19.2 Å². The Morgan fingerprint density at radius 3 is 2.17 bits per heavy atom. The highest BCUT2D eigenvalue weighted by Gasteiger charge is 2.30. The number of carbonyl (C=O) groups excluding carboxylic acids is 5. The molecule has 0 atom stereocenters. The van der Waals surface area contributed by atoms with Crippen LogP contribution < -0.4 is 14.8 Å². The second kappa shape index (κ2) is 17.5. The van der Waals surface area contributed by atoms with E-state index in [-0.39, 0.29) is 64.6 Å². The minimum absolute atomic E-state index is 0.00765. The highest BCUT2D eigenvalue weighted by Crippen LogP contribution is 2.35. The monoisotopic (exact) mass is 749 g/mol. The van der Waals surface area contributed by atoms with Crippen molar-refractivity contribution in [2.45, 2.75) is 39.3 Å². The lowest BCUT2D eigenvalue weighted by atomic mass is 10.0. The lowest BCUT2D eigenvalue weighted by Gasteiger charge is -2.17. The molecule has 0 saturated carbocycles. The number of carbonyl (C=O) groups is 5. The molecule has 0 saturated heterocycles. The third-order valence-electron chi connectivity index (χ3n) is 7.99. The third-order valence-corrected chi connectivity index (χ3v) is 7.99. The summed E-state index contributed by atoms with van der Waals surface area (Å²) < 4.78 is 60.1. The van der Waals surface area contributed by atoms with Crippen LogP contribution in [0, 0.1) is 6.92 Å². The Kier molecular flexibility index (Phi) is 13.1. The molecular formula is C39H38F3N3O9. The smallest absolute Gasteiger partial charge is 0.416 e. The van der Waals surface area contributed by atoms with Crippen molar-refractivity contribution in [1.82, 2.24) is 9.88 Å². The van der Waals surface area contributed by atoms with Crippen molar-refractivity contribution in [2.24, 2.45) is 0 Å². The molecule has 0 aliphatic carbocycles. The number of rotatable bonds is 13. The van der Waals surface area contributed by atoms with Gasteiger partial charge in [-0.3, -0.25) is 19.4 Å². The second-order valence-corrected chi connectivity index (χ2v) is 12.1. The van der Waals surface area contributed by atoms with E-state index in [1.165, 1.54) is 42.3 Å². The Morgan fingerprint density at radius 1 is 0.852 bits per heavy atom. The van der Waals surface area contributed by atoms with E-state index in [9.17, 15) is 37.1 Å². The Bertz CT molecular complexity index is 2060. The molecular weight excluding hydrogens is 711 g/mol. The van der Waals surface area contributed by atoms with Crippen LogP contribution >= 0.6 is 0 Å². The Hall–Kier alpha value is -6.25. The molecule has 1 heterocycles. The summed E-state index contributed by atoms with van der Waals surface area (Å²) in [5.41, 5.74) is 0.983. The van der Waals surface area contributed by atoms with E-state index in [1.807, 2.05) is 0 Å². The summed E-state index contributed by atoms with van der Waals surface area (Å²) in [5, 5.41) is 2.75. The molecule has 0 bridgehead atoms. The van der Waals surface area contributed by atoms with Crippen molar-refractivity contribution in [2.75, 3.05) is 40.2 Å². The van der Waals surface area contributed by atoms with Gasteiger partial charge in [-0.25, -0.2) is 9.59 Å². The van der Waals surface area contributed by atoms with Crippen LogP contribution in [0.4, 0.5) is 18.9 Å². The number of methoxy groups -OCH3 is 2. The van der Waals surface area contributed by atoms with Gasteiger partial charge in [-0.05, 0) is 80.8 Å². The van der Waals surface area contributed by atoms with Gasteiger partial charge in [-0.1, -0.05) is 18.2 Å². The van der Waals surface area contributed by atoms with Gasteiger partial charge in [0.15, 0.2) is 11.5 Å². The number of pyridine rings is 1. The number of hydrogen-bond acceptors (Lipinski definition) is 10. The topological polar surface area (TPSA) is 150 Å². The summed E-state index contributed by atoms with van der Waals surface area (Å²) in [7, 11) is 5.49. The Balaban J connectivity index is 1.53. The molecule has 0 radical (unpaired) electrons. The number of benzene rings is 3. The van der Waals surface area contributed by atoms with Crippen molar-refractivity contribution in [1.29, 1.82) is 0 Å². The first-order valence-corrected chi connectivity index (χ1v) is 16.6. The number of ether oxygens (including phenoxy) is 4. The molecule has 2 amide bonds. The first-order chi connectivity index (χ1) is 25.6. The second-order valence-electron chi connectivity index (χ2n) is 12.1. The molecule has 1 aromatic heterocycles. The molecule has 3 aromatic carbocycles. The molecule has 12 nitrogen and oxygen atoms in total. The summed E-state index contributed by atoms with van der Waals surface area (Å²) in [5.74, 6) is -3.67. The van der Waals surface area contributed by atoms with Crippen molar-refractivity contribution in [3.05, 3.63) is 106 Å². The zero-order chi connectivity index (χ0) is 39.7. The molecule has 4 aromatic rings. The Labute approximate surface area is 309 Å². The van der Waals surface area contributed by atoms with Gasteiger partial charge in [0.1, 0.15) is 5.56 Å². The number of nitrogens with one attached hydrogen (secondary N) is 1. The predicted molar refractivity (Wildman–Crippen MR) is 191 cm³/mol. The highest BCUT2D eigenvalue weighted by molar-refractivity contribution is 6.11.